The molecule has 0 spiro atoms. The molecule has 0 bridgehead atoms. The molecule has 0 amide bonds. The molecule has 3 heteroatoms. The van der Waals surface area contributed by atoms with E-state index in [4.69, 9.17) is 4.74 Å². The van der Waals surface area contributed by atoms with Gasteiger partial charge >= 0.3 is 59.1 Å². The van der Waals surface area contributed by atoms with Crippen molar-refractivity contribution in [2.75, 3.05) is 0 Å². The van der Waals surface area contributed by atoms with Gasteiger partial charge in [0.05, 0.1) is 0 Å². The van der Waals surface area contributed by atoms with Crippen LogP contribution in [0.1, 0.15) is 128 Å². The number of aryl methyl sites for hydroxylation is 2. The van der Waals surface area contributed by atoms with Crippen molar-refractivity contribution in [2.45, 2.75) is 129 Å². The fourth-order valence-corrected chi connectivity index (χ4v) is 4.64. The summed E-state index contributed by atoms with van der Waals surface area (Å²) >= 11 is 0. The molecule has 0 radical (unpaired) electrons. The topological polar surface area (TPSA) is 9.23 Å². The molecule has 35 heavy (non-hydrogen) atoms. The first-order chi connectivity index (χ1) is 16.3. The summed E-state index contributed by atoms with van der Waals surface area (Å²) in [5, 5.41) is 0. The summed E-state index contributed by atoms with van der Waals surface area (Å²) < 4.78 is 6.49. The molecule has 2 rings (SSSR count). The van der Waals surface area contributed by atoms with Crippen LogP contribution in [-0.2, 0) is 12.8 Å². The Morgan fingerprint density at radius 2 is 0.743 bits per heavy atom. The van der Waals surface area contributed by atoms with Gasteiger partial charge in [0, 0.05) is 0 Å². The molecule has 0 aliphatic rings. The molecule has 188 valence electrons. The molecule has 2 aromatic rings. The second-order valence-corrected chi connectivity index (χ2v) is 9.77. The van der Waals surface area contributed by atoms with Gasteiger partial charge in [-0.25, -0.2) is 0 Å². The summed E-state index contributed by atoms with van der Waals surface area (Å²) in [6.45, 7) is 4.57. The van der Waals surface area contributed by atoms with Crippen molar-refractivity contribution in [3.63, 3.8) is 0 Å². The van der Waals surface area contributed by atoms with Crippen molar-refractivity contribution in [3.8, 4) is 11.5 Å². The number of hydrogen-bond acceptors (Lipinski definition) is 1. The first-order valence-corrected chi connectivity index (χ1v) is 14.2. The average molecular weight is 499 g/mol. The van der Waals surface area contributed by atoms with Gasteiger partial charge in [0.2, 0.25) is 0 Å². The van der Waals surface area contributed by atoms with Crippen molar-refractivity contribution in [3.05, 3.63) is 59.7 Å². The van der Waals surface area contributed by atoms with Gasteiger partial charge in [0.25, 0.3) is 0 Å². The van der Waals surface area contributed by atoms with Gasteiger partial charge in [0.1, 0.15) is 11.5 Å². The van der Waals surface area contributed by atoms with Gasteiger partial charge < -0.3 is 4.74 Å². The molecule has 0 saturated carbocycles. The second-order valence-electron chi connectivity index (χ2n) is 9.77. The molecule has 0 unspecified atom stereocenters. The molecule has 0 heterocycles. The third-order valence-corrected chi connectivity index (χ3v) is 6.76. The van der Waals surface area contributed by atoms with Crippen LogP contribution in [0.25, 0.3) is 0 Å². The van der Waals surface area contributed by atoms with Crippen LogP contribution in [0.4, 0.5) is 0 Å². The molecule has 0 atom stereocenters. The average Bonchev–Trinajstić information content (AvgIpc) is 2.84. The van der Waals surface area contributed by atoms with Gasteiger partial charge in [0.15, 0.2) is 0 Å². The standard InChI is InChI=1S/C32H50O.2Na.2H/c1-3-5-7-9-11-13-15-17-23-29-25-19-21-27-31(29)33-32-28-22-20-26-30(32)24-18-16-14-12-10-8-6-4-2;;;;/h19-22,25-28H,3-18,23-24H2,1-2H3;;;;. The van der Waals surface area contributed by atoms with E-state index in [0.29, 0.717) is 0 Å². The van der Waals surface area contributed by atoms with E-state index in [1.807, 2.05) is 0 Å². The van der Waals surface area contributed by atoms with Crippen molar-refractivity contribution in [2.24, 2.45) is 0 Å². The third-order valence-electron chi connectivity index (χ3n) is 6.76. The van der Waals surface area contributed by atoms with Crippen molar-refractivity contribution < 1.29 is 4.74 Å². The molecular weight excluding hydrogens is 446 g/mol. The van der Waals surface area contributed by atoms with Crippen molar-refractivity contribution >= 4 is 59.1 Å². The van der Waals surface area contributed by atoms with Crippen LogP contribution in [0.5, 0.6) is 11.5 Å². The Hall–Kier alpha value is 0.240. The summed E-state index contributed by atoms with van der Waals surface area (Å²) in [6, 6.07) is 17.3. The van der Waals surface area contributed by atoms with Gasteiger partial charge in [-0.3, -0.25) is 0 Å². The Kier molecular flexibility index (Phi) is 24.7. The summed E-state index contributed by atoms with van der Waals surface area (Å²) in [5.41, 5.74) is 2.70. The van der Waals surface area contributed by atoms with E-state index in [2.05, 4.69) is 62.4 Å². The Labute approximate surface area is 262 Å². The monoisotopic (exact) mass is 498 g/mol. The number of benzene rings is 2. The number of rotatable bonds is 20. The quantitative estimate of drug-likeness (QED) is 0.130. The molecule has 0 aliphatic heterocycles. The van der Waals surface area contributed by atoms with Crippen molar-refractivity contribution in [1.82, 2.24) is 0 Å². The van der Waals surface area contributed by atoms with Crippen LogP contribution in [0.2, 0.25) is 0 Å². The van der Waals surface area contributed by atoms with Gasteiger partial charge in [-0.15, -0.1) is 0 Å². The van der Waals surface area contributed by atoms with Gasteiger partial charge in [-0.2, -0.15) is 0 Å². The minimum absolute atomic E-state index is 0. The number of ether oxygens (including phenoxy) is 1. The molecule has 0 fully saturated rings. The van der Waals surface area contributed by atoms with Crippen molar-refractivity contribution in [1.29, 1.82) is 0 Å². The van der Waals surface area contributed by atoms with Crippen LogP contribution in [-0.4, -0.2) is 59.1 Å². The number of unbranched alkanes of at least 4 members (excludes halogenated alkanes) is 14. The maximum absolute atomic E-state index is 6.49. The summed E-state index contributed by atoms with van der Waals surface area (Å²) in [5.74, 6) is 2.09. The van der Waals surface area contributed by atoms with E-state index in [-0.39, 0.29) is 59.1 Å². The number of para-hydroxylation sites is 2. The van der Waals surface area contributed by atoms with Gasteiger partial charge in [-0.1, -0.05) is 140 Å². The SMILES string of the molecule is CCCCCCCCCCc1ccccc1Oc1ccccc1CCCCCCCCCC.[NaH].[NaH]. The Morgan fingerprint density at radius 1 is 0.429 bits per heavy atom. The molecule has 0 N–H and O–H groups in total. The first-order valence-electron chi connectivity index (χ1n) is 14.2. The van der Waals surface area contributed by atoms with E-state index in [1.165, 1.54) is 114 Å². The molecule has 2 aromatic carbocycles. The summed E-state index contributed by atoms with van der Waals surface area (Å²) in [4.78, 5) is 0. The Morgan fingerprint density at radius 3 is 1.11 bits per heavy atom. The molecule has 0 aromatic heterocycles. The third kappa shape index (κ3) is 16.6. The van der Waals surface area contributed by atoms with Crippen LogP contribution in [0.3, 0.4) is 0 Å². The fraction of sp³-hybridized carbons (Fsp3) is 0.625. The van der Waals surface area contributed by atoms with Crippen LogP contribution in [0, 0.1) is 0 Å². The molecule has 1 nitrogen and oxygen atoms in total. The predicted octanol–water partition coefficient (Wildman–Crippen LogP) is 9.55. The normalized spacial score (nSPS) is 10.5. The van der Waals surface area contributed by atoms with E-state index >= 15 is 0 Å². The van der Waals surface area contributed by atoms with Crippen LogP contribution >= 0.6 is 0 Å². The zero-order valence-electron chi connectivity index (χ0n) is 21.8. The number of hydrogen-bond donors (Lipinski definition) is 0. The molecular formula is C32H52Na2O. The Bertz CT molecular complexity index is 670. The van der Waals surface area contributed by atoms with E-state index in [1.54, 1.807) is 0 Å². The summed E-state index contributed by atoms with van der Waals surface area (Å²) in [7, 11) is 0. The van der Waals surface area contributed by atoms with E-state index in [9.17, 15) is 0 Å². The van der Waals surface area contributed by atoms with E-state index < -0.39 is 0 Å². The fourth-order valence-electron chi connectivity index (χ4n) is 4.64. The zero-order valence-corrected chi connectivity index (χ0v) is 21.8. The Balaban J connectivity index is 0.00000578. The van der Waals surface area contributed by atoms with E-state index in [0.717, 1.165) is 24.3 Å². The zero-order chi connectivity index (χ0) is 23.4. The first kappa shape index (κ1) is 35.2. The summed E-state index contributed by atoms with van der Waals surface area (Å²) in [6.07, 6.45) is 24.0. The predicted molar refractivity (Wildman–Crippen MR) is 160 cm³/mol. The molecule has 0 aliphatic carbocycles. The van der Waals surface area contributed by atoms with Gasteiger partial charge in [-0.05, 0) is 48.9 Å². The minimum atomic E-state index is 0. The van der Waals surface area contributed by atoms with Crippen LogP contribution < -0.4 is 4.74 Å². The van der Waals surface area contributed by atoms with Crippen LogP contribution in [0.15, 0.2) is 48.5 Å². The second kappa shape index (κ2) is 24.6. The molecule has 0 saturated heterocycles. The maximum atomic E-state index is 6.49.